The maximum atomic E-state index is 4.47. The number of aromatic nitrogens is 13. The molecule has 68 heavy (non-hydrogen) atoms. The molecule has 7 aromatic heterocycles. The Bertz CT molecular complexity index is 739. The van der Waals surface area contributed by atoms with E-state index in [1.165, 1.54) is 78.9 Å². The highest BCUT2D eigenvalue weighted by atomic mass is 32.1. The highest BCUT2D eigenvalue weighted by molar-refractivity contribution is 7.07. The molecule has 0 aliphatic carbocycles. The Morgan fingerprint density at radius 3 is 0.897 bits per heavy atom. The first kappa shape index (κ1) is 131. The predicted molar refractivity (Wildman–Crippen MR) is 319 cm³/mol. The maximum absolute atomic E-state index is 4.47. The molecule has 0 atom stereocenters. The van der Waals surface area contributed by atoms with E-state index in [1.54, 1.807) is 51.3 Å². The van der Waals surface area contributed by atoms with Gasteiger partial charge in [-0.1, -0.05) is 242 Å². The molecular formula is C48H121N13O3S4. The number of hydrogen-bond donors (Lipinski definition) is 0. The minimum absolute atomic E-state index is 0. The van der Waals surface area contributed by atoms with Crippen LogP contribution in [0.15, 0.2) is 103 Å². The van der Waals surface area contributed by atoms with E-state index in [-0.39, 0.29) is 52.0 Å². The van der Waals surface area contributed by atoms with Crippen molar-refractivity contribution in [2.75, 3.05) is 0 Å². The second-order valence-electron chi connectivity index (χ2n) is 4.17. The van der Waals surface area contributed by atoms with E-state index in [0.717, 1.165) is 0 Å². The summed E-state index contributed by atoms with van der Waals surface area (Å²) in [5.41, 5.74) is 8.40. The van der Waals surface area contributed by atoms with Crippen LogP contribution in [-0.4, -0.2) is 64.7 Å². The summed E-state index contributed by atoms with van der Waals surface area (Å²) in [6.45, 7) is 52.0. The largest absolute Gasteiger partial charge is 0.452 e. The van der Waals surface area contributed by atoms with Crippen molar-refractivity contribution in [3.63, 3.8) is 0 Å². The van der Waals surface area contributed by atoms with E-state index >= 15 is 0 Å². The van der Waals surface area contributed by atoms with Gasteiger partial charge in [-0.15, -0.1) is 48.2 Å². The van der Waals surface area contributed by atoms with Crippen molar-refractivity contribution >= 4 is 45.7 Å². The highest BCUT2D eigenvalue weighted by Gasteiger charge is 1.64. The fraction of sp³-hybridized carbons (Fsp3) is 0.688. The van der Waals surface area contributed by atoms with Crippen LogP contribution < -0.4 is 0 Å². The first-order chi connectivity index (χ1) is 30.5. The zero-order chi connectivity index (χ0) is 50.7. The average Bonchev–Trinajstić information content (AvgIpc) is 4.26. The average molecular weight is 1060 g/mol. The number of thiazole rings is 1. The van der Waals surface area contributed by atoms with Gasteiger partial charge < -0.3 is 13.4 Å². The summed E-state index contributed by atoms with van der Waals surface area (Å²) >= 11 is 5.69. The van der Waals surface area contributed by atoms with Crippen molar-refractivity contribution in [2.24, 2.45) is 0 Å². The van der Waals surface area contributed by atoms with Crippen molar-refractivity contribution in [1.29, 1.82) is 0 Å². The summed E-state index contributed by atoms with van der Waals surface area (Å²) < 4.78 is 20.1. The topological polar surface area (TPSA) is 207 Å². The number of hydrogen-bond acceptors (Lipinski definition) is 20. The van der Waals surface area contributed by atoms with E-state index in [2.05, 4.69) is 78.0 Å². The number of rotatable bonds is 0. The van der Waals surface area contributed by atoms with Crippen LogP contribution in [0.25, 0.3) is 0 Å². The Morgan fingerprint density at radius 2 is 0.794 bits per heavy atom. The van der Waals surface area contributed by atoms with Crippen LogP contribution in [0, 0.1) is 0 Å². The van der Waals surface area contributed by atoms with Crippen LogP contribution in [0.1, 0.15) is 232 Å². The molecule has 0 bridgehead atoms. The van der Waals surface area contributed by atoms with Crippen molar-refractivity contribution < 1.29 is 13.4 Å². The van der Waals surface area contributed by atoms with E-state index in [0.29, 0.717) is 0 Å². The van der Waals surface area contributed by atoms with Crippen molar-refractivity contribution in [2.45, 2.75) is 232 Å². The minimum atomic E-state index is 0. The molecule has 0 radical (unpaired) electrons. The molecule has 0 fully saturated rings. The quantitative estimate of drug-likeness (QED) is 0.138. The van der Waals surface area contributed by atoms with Gasteiger partial charge in [-0.25, -0.2) is 15.0 Å². The predicted octanol–water partition coefficient (Wildman–Crippen LogP) is 20.8. The summed E-state index contributed by atoms with van der Waals surface area (Å²) in [7, 11) is 0. The molecule has 16 nitrogen and oxygen atoms in total. The van der Waals surface area contributed by atoms with Crippen LogP contribution in [-0.2, 0) is 0 Å². The summed E-state index contributed by atoms with van der Waals surface area (Å²) in [5.74, 6) is 0. The first-order valence-electron chi connectivity index (χ1n) is 21.5. The van der Waals surface area contributed by atoms with Gasteiger partial charge in [-0.2, -0.15) is 4.37 Å². The summed E-state index contributed by atoms with van der Waals surface area (Å²) in [6, 6.07) is 0. The standard InChI is InChI=1S/C3H3NO.C3H3NS.2C2H2N2O.2C2H2N2S.13C2H6.CHN3S.7CH4/c2*1-2-5-3-4-1;1-3-4-2-5-1;1-3-2-5-4-1;1-3-4-2-5-1;1-3-2-5-4-1;13*1-2;1-2-3-4-5-1;;;;;;;/h2*1-3H;4*1-2H;13*1-2H3;1H;7*1H4. The lowest BCUT2D eigenvalue weighted by Gasteiger charge is -1.47. The van der Waals surface area contributed by atoms with Gasteiger partial charge in [0.05, 0.1) is 11.7 Å². The van der Waals surface area contributed by atoms with Gasteiger partial charge in [0, 0.05) is 23.1 Å². The third-order valence-corrected chi connectivity index (χ3v) is 3.80. The molecule has 0 aliphatic rings. The second kappa shape index (κ2) is 253. The van der Waals surface area contributed by atoms with E-state index in [4.69, 9.17) is 0 Å². The Labute approximate surface area is 443 Å². The van der Waals surface area contributed by atoms with Crippen molar-refractivity contribution in [1.82, 2.24) is 64.7 Å². The summed E-state index contributed by atoms with van der Waals surface area (Å²) in [5, 5.41) is 25.4. The van der Waals surface area contributed by atoms with Gasteiger partial charge in [0.25, 0.3) is 0 Å². The molecule has 0 aromatic carbocycles. The first-order valence-corrected chi connectivity index (χ1v) is 25.0. The molecule has 420 valence electrons. The number of oxazole rings is 1. The molecule has 0 amide bonds. The van der Waals surface area contributed by atoms with Crippen LogP contribution >= 0.6 is 45.7 Å². The molecule has 0 N–H and O–H groups in total. The second-order valence-corrected chi connectivity index (χ2v) is 6.83. The van der Waals surface area contributed by atoms with Gasteiger partial charge in [0.15, 0.2) is 12.7 Å². The lowest BCUT2D eigenvalue weighted by molar-refractivity contribution is 0.416. The fourth-order valence-corrected chi connectivity index (χ4v) is 2.11. The third-order valence-electron chi connectivity index (χ3n) is 2.05. The molecule has 7 heterocycles. The Kier molecular flexibility index (Phi) is 488. The zero-order valence-electron chi connectivity index (χ0n) is 43.3. The Morgan fingerprint density at radius 1 is 0.338 bits per heavy atom. The summed E-state index contributed by atoms with van der Waals surface area (Å²) in [4.78, 5) is 14.4. The Hall–Kier alpha value is -4.27. The van der Waals surface area contributed by atoms with Crippen molar-refractivity contribution in [3.8, 4) is 0 Å². The third kappa shape index (κ3) is 241. The van der Waals surface area contributed by atoms with Gasteiger partial charge in [0.1, 0.15) is 34.6 Å². The normalized spacial score (nSPS) is 5.26. The van der Waals surface area contributed by atoms with E-state index in [9.17, 15) is 0 Å². The van der Waals surface area contributed by atoms with Gasteiger partial charge in [-0.3, -0.25) is 4.98 Å². The van der Waals surface area contributed by atoms with Gasteiger partial charge in [-0.05, 0) is 16.7 Å². The van der Waals surface area contributed by atoms with Crippen molar-refractivity contribution in [3.05, 3.63) is 89.8 Å². The van der Waals surface area contributed by atoms with E-state index < -0.39 is 0 Å². The van der Waals surface area contributed by atoms with Gasteiger partial charge in [0.2, 0.25) is 19.2 Å². The zero-order valence-corrected chi connectivity index (χ0v) is 46.6. The lowest BCUT2D eigenvalue weighted by Crippen LogP contribution is -1.61. The molecule has 0 saturated heterocycles. The summed E-state index contributed by atoms with van der Waals surface area (Å²) in [6.07, 6.45) is 12.9. The van der Waals surface area contributed by atoms with Crippen LogP contribution in [0.3, 0.4) is 0 Å². The molecule has 7 rings (SSSR count). The Balaban J connectivity index is -0.0000000201. The van der Waals surface area contributed by atoms with Crippen LogP contribution in [0.2, 0.25) is 0 Å². The highest BCUT2D eigenvalue weighted by Crippen LogP contribution is 1.86. The van der Waals surface area contributed by atoms with Crippen LogP contribution in [0.5, 0.6) is 0 Å². The minimum Gasteiger partial charge on any atom is -0.452 e. The van der Waals surface area contributed by atoms with Crippen LogP contribution in [0.4, 0.5) is 0 Å². The number of nitrogens with zero attached hydrogens (tertiary/aromatic N) is 13. The smallest absolute Gasteiger partial charge is 0.213 e. The monoisotopic (exact) mass is 1060 g/mol. The molecule has 0 unspecified atom stereocenters. The van der Waals surface area contributed by atoms with E-state index in [1.807, 2.05) is 185 Å². The molecule has 7 aromatic rings. The molecule has 0 spiro atoms. The lowest BCUT2D eigenvalue weighted by atomic mass is 11.0. The van der Waals surface area contributed by atoms with Gasteiger partial charge >= 0.3 is 0 Å². The molecule has 0 saturated carbocycles. The molecule has 20 heteroatoms. The molecular weight excluding hydrogens is 935 g/mol. The maximum Gasteiger partial charge on any atom is 0.213 e. The molecule has 0 aliphatic heterocycles. The SMILES string of the molecule is C.C.C.C.C.C.C.CC.CC.CC.CC.CC.CC.CC.CC.CC.CC.CC.CC.CC.c1cocn1.c1cscn1.c1ncon1.c1ncsn1.c1nnco1.c1nncs1.c1nnns1. The fourth-order valence-electron chi connectivity index (χ4n) is 1.00.